The lowest BCUT2D eigenvalue weighted by Gasteiger charge is -2.25. The van der Waals surface area contributed by atoms with Gasteiger partial charge in [-0.3, -0.25) is 14.9 Å². The summed E-state index contributed by atoms with van der Waals surface area (Å²) < 4.78 is 31.2. The summed E-state index contributed by atoms with van der Waals surface area (Å²) in [6, 6.07) is 15.8. The molecule has 2 aromatic carbocycles. The predicted molar refractivity (Wildman–Crippen MR) is 162 cm³/mol. The van der Waals surface area contributed by atoms with Crippen LogP contribution in [0.3, 0.4) is 0 Å². The molecule has 0 aliphatic rings. The average Bonchev–Trinajstić information content (AvgIpc) is 3.46. The summed E-state index contributed by atoms with van der Waals surface area (Å²) in [7, 11) is -0.556. The Hall–Kier alpha value is -4.65. The molecule has 0 unspecified atom stereocenters. The lowest BCUT2D eigenvalue weighted by atomic mass is 9.94. The summed E-state index contributed by atoms with van der Waals surface area (Å²) >= 11 is 0. The van der Waals surface area contributed by atoms with E-state index < -0.39 is 44.8 Å². The molecular formula is C30H35N5O7S. The van der Waals surface area contributed by atoms with Crippen LogP contribution >= 0.6 is 0 Å². The van der Waals surface area contributed by atoms with E-state index in [0.29, 0.717) is 5.69 Å². The van der Waals surface area contributed by atoms with E-state index >= 15 is 0 Å². The van der Waals surface area contributed by atoms with E-state index in [4.69, 9.17) is 9.25 Å². The van der Waals surface area contributed by atoms with Crippen molar-refractivity contribution < 1.29 is 32.1 Å². The minimum absolute atomic E-state index is 0.0277. The van der Waals surface area contributed by atoms with E-state index in [0.717, 1.165) is 22.7 Å². The summed E-state index contributed by atoms with van der Waals surface area (Å²) in [5, 5.41) is 6.15. The van der Waals surface area contributed by atoms with E-state index in [9.17, 15) is 22.8 Å². The highest BCUT2D eigenvalue weighted by molar-refractivity contribution is 8.05. The summed E-state index contributed by atoms with van der Waals surface area (Å²) in [5.74, 6) is -2.87. The third kappa shape index (κ3) is 7.23. The van der Waals surface area contributed by atoms with Gasteiger partial charge in [0, 0.05) is 43.9 Å². The first-order valence-electron chi connectivity index (χ1n) is 13.6. The Labute approximate surface area is 249 Å². The maximum absolute atomic E-state index is 13.7. The van der Waals surface area contributed by atoms with E-state index in [1.807, 2.05) is 48.1 Å². The molecule has 2 amide bonds. The summed E-state index contributed by atoms with van der Waals surface area (Å²) in [4.78, 5) is 49.0. The molecule has 2 N–H and O–H groups in total. The molecule has 0 fully saturated rings. The number of carbonyl (C=O) groups is 3. The van der Waals surface area contributed by atoms with Crippen LogP contribution in [0.25, 0.3) is 10.9 Å². The van der Waals surface area contributed by atoms with E-state index in [2.05, 4.69) is 15.6 Å². The monoisotopic (exact) mass is 609 g/mol. The number of oxazole rings is 1. The second-order valence-electron chi connectivity index (χ2n) is 10.7. The zero-order valence-corrected chi connectivity index (χ0v) is 25.6. The smallest absolute Gasteiger partial charge is 0.345 e. The van der Waals surface area contributed by atoms with Crippen LogP contribution in [0.5, 0.6) is 0 Å². The number of rotatable bonds is 10. The summed E-state index contributed by atoms with van der Waals surface area (Å²) in [5.41, 5.74) is 2.47. The Bertz CT molecular complexity index is 1740. The van der Waals surface area contributed by atoms with Gasteiger partial charge >= 0.3 is 11.2 Å². The average molecular weight is 610 g/mol. The molecule has 43 heavy (non-hydrogen) atoms. The number of aryl methyl sites for hydroxylation is 2. The Balaban J connectivity index is 1.65. The number of benzene rings is 2. The van der Waals surface area contributed by atoms with Crippen LogP contribution in [0.2, 0.25) is 0 Å². The van der Waals surface area contributed by atoms with Crippen molar-refractivity contribution in [2.45, 2.75) is 33.2 Å². The molecule has 0 bridgehead atoms. The Morgan fingerprint density at radius 2 is 1.72 bits per heavy atom. The SMILES string of the molecule is Cc1oc([C@@H](Cc2cn(C)c3ccccc23)NC(=O)[C@@H](C(=O)ON(C)c2ccccc2)C(C)C)nc1NC(=O)S(C)(=O)=O. The van der Waals surface area contributed by atoms with Gasteiger partial charge in [0.05, 0.1) is 5.69 Å². The number of aromatic nitrogens is 2. The molecule has 0 saturated carbocycles. The molecule has 4 rings (SSSR count). The third-order valence-electron chi connectivity index (χ3n) is 6.94. The lowest BCUT2D eigenvalue weighted by Crippen LogP contribution is -2.43. The van der Waals surface area contributed by atoms with Crippen molar-refractivity contribution in [1.82, 2.24) is 14.9 Å². The quantitative estimate of drug-likeness (QED) is 0.198. The Kier molecular flexibility index (Phi) is 9.24. The highest BCUT2D eigenvalue weighted by Crippen LogP contribution is 2.29. The molecule has 12 nitrogen and oxygen atoms in total. The number of sulfone groups is 1. The van der Waals surface area contributed by atoms with Crippen LogP contribution in [0.4, 0.5) is 16.3 Å². The minimum atomic E-state index is -4.04. The molecular weight excluding hydrogens is 574 g/mol. The number of nitrogens with zero attached hydrogens (tertiary/aromatic N) is 3. The molecule has 228 valence electrons. The van der Waals surface area contributed by atoms with Gasteiger partial charge in [-0.1, -0.05) is 50.2 Å². The standard InChI is InChI=1S/C30H35N5O7S/c1-18(2)25(29(37)42-35(5)21-12-8-7-9-13-21)27(36)31-23(16-20-17-34(4)24-15-11-10-14-22(20)24)28-32-26(19(3)41-28)33-30(38)43(6,39)40/h7-15,17-18,23,25H,16H2,1-6H3,(H,31,36)(H,33,38)/t23-,25+/m1/s1. The Morgan fingerprint density at radius 1 is 1.07 bits per heavy atom. The number of hydroxylamine groups is 1. The van der Waals surface area contributed by atoms with Gasteiger partial charge < -0.3 is 19.1 Å². The molecule has 2 aromatic heterocycles. The fourth-order valence-corrected chi connectivity index (χ4v) is 4.99. The fourth-order valence-electron chi connectivity index (χ4n) is 4.71. The zero-order chi connectivity index (χ0) is 31.5. The highest BCUT2D eigenvalue weighted by atomic mass is 32.2. The van der Waals surface area contributed by atoms with Crippen molar-refractivity contribution in [2.24, 2.45) is 18.9 Å². The second-order valence-corrected chi connectivity index (χ2v) is 12.6. The first-order valence-corrected chi connectivity index (χ1v) is 15.5. The van der Waals surface area contributed by atoms with Crippen LogP contribution in [-0.4, -0.2) is 48.4 Å². The van der Waals surface area contributed by atoms with Gasteiger partial charge in [-0.2, -0.15) is 4.98 Å². The first kappa shape index (κ1) is 31.3. The number of carbonyl (C=O) groups excluding carboxylic acids is 3. The fraction of sp³-hybridized carbons (Fsp3) is 0.333. The molecule has 4 aromatic rings. The van der Waals surface area contributed by atoms with Crippen LogP contribution in [0.15, 0.2) is 65.2 Å². The van der Waals surface area contributed by atoms with Gasteiger partial charge in [0.15, 0.2) is 5.82 Å². The molecule has 0 radical (unpaired) electrons. The topological polar surface area (TPSA) is 153 Å². The highest BCUT2D eigenvalue weighted by Gasteiger charge is 2.36. The molecule has 0 saturated heterocycles. The van der Waals surface area contributed by atoms with Crippen molar-refractivity contribution in [1.29, 1.82) is 0 Å². The van der Waals surface area contributed by atoms with E-state index in [1.54, 1.807) is 45.2 Å². The first-order chi connectivity index (χ1) is 20.3. The van der Waals surface area contributed by atoms with Gasteiger partial charge in [-0.05, 0) is 36.6 Å². The summed E-state index contributed by atoms with van der Waals surface area (Å²) in [6.07, 6.45) is 2.92. The van der Waals surface area contributed by atoms with Crippen LogP contribution in [0.1, 0.15) is 37.1 Å². The van der Waals surface area contributed by atoms with Crippen LogP contribution < -0.4 is 15.7 Å². The van der Waals surface area contributed by atoms with Crippen LogP contribution in [0, 0.1) is 18.8 Å². The predicted octanol–water partition coefficient (Wildman–Crippen LogP) is 4.32. The normalized spacial score (nSPS) is 13.0. The number of nitrogens with one attached hydrogen (secondary N) is 2. The molecule has 0 aliphatic heterocycles. The van der Waals surface area contributed by atoms with Crippen molar-refractivity contribution in [3.05, 3.63) is 78.0 Å². The Morgan fingerprint density at radius 3 is 2.37 bits per heavy atom. The maximum Gasteiger partial charge on any atom is 0.345 e. The van der Waals surface area contributed by atoms with Gasteiger partial charge in [-0.25, -0.2) is 18.3 Å². The molecule has 13 heteroatoms. The van der Waals surface area contributed by atoms with E-state index in [-0.39, 0.29) is 23.9 Å². The van der Waals surface area contributed by atoms with Crippen molar-refractivity contribution in [3.8, 4) is 0 Å². The summed E-state index contributed by atoms with van der Waals surface area (Å²) in [6.45, 7) is 4.99. The number of para-hydroxylation sites is 2. The van der Waals surface area contributed by atoms with Gasteiger partial charge in [0.25, 0.3) is 0 Å². The largest absolute Gasteiger partial charge is 0.441 e. The van der Waals surface area contributed by atoms with E-state index in [1.165, 1.54) is 12.0 Å². The number of amides is 2. The third-order valence-corrected chi connectivity index (χ3v) is 7.71. The number of fused-ring (bicyclic) bond motifs is 1. The van der Waals surface area contributed by atoms with Gasteiger partial charge in [-0.15, -0.1) is 0 Å². The molecule has 2 heterocycles. The number of anilines is 2. The molecule has 0 spiro atoms. The van der Waals surface area contributed by atoms with Crippen molar-refractivity contribution in [2.75, 3.05) is 23.7 Å². The van der Waals surface area contributed by atoms with Crippen LogP contribution in [-0.2, 0) is 37.7 Å². The van der Waals surface area contributed by atoms with Gasteiger partial charge in [0.1, 0.15) is 17.7 Å². The second kappa shape index (κ2) is 12.7. The molecule has 2 atom stereocenters. The van der Waals surface area contributed by atoms with Crippen molar-refractivity contribution in [3.63, 3.8) is 0 Å². The molecule has 0 aliphatic carbocycles. The minimum Gasteiger partial charge on any atom is -0.441 e. The zero-order valence-electron chi connectivity index (χ0n) is 24.8. The van der Waals surface area contributed by atoms with Crippen molar-refractivity contribution >= 4 is 49.4 Å². The maximum atomic E-state index is 13.7. The lowest BCUT2D eigenvalue weighted by molar-refractivity contribution is -0.155. The van der Waals surface area contributed by atoms with Gasteiger partial charge in [0.2, 0.25) is 21.6 Å². The number of hydrogen-bond donors (Lipinski definition) is 2. The number of hydrogen-bond acceptors (Lipinski definition) is 9.